The van der Waals surface area contributed by atoms with Crippen molar-refractivity contribution >= 4 is 35.2 Å². The Kier molecular flexibility index (Phi) is 8.29. The molecule has 0 unspecified atom stereocenters. The lowest BCUT2D eigenvalue weighted by atomic mass is 10.2. The van der Waals surface area contributed by atoms with Gasteiger partial charge in [-0.05, 0) is 42.5 Å². The maximum Gasteiger partial charge on any atom is 0.343 e. The number of methoxy groups -OCH3 is 2. The summed E-state index contributed by atoms with van der Waals surface area (Å²) in [5.41, 5.74) is 0.439. The highest BCUT2D eigenvalue weighted by Gasteiger charge is 2.12. The second kappa shape index (κ2) is 10.7. The van der Waals surface area contributed by atoms with Crippen LogP contribution in [0.5, 0.6) is 11.5 Å². The van der Waals surface area contributed by atoms with Crippen LogP contribution >= 0.6 is 23.4 Å². The lowest BCUT2D eigenvalue weighted by Gasteiger charge is -2.11. The third-order valence-electron chi connectivity index (χ3n) is 3.47. The fourth-order valence-electron chi connectivity index (χ4n) is 2.09. The molecule has 2 aromatic rings. The molecular weight excluding hydrogens is 390 g/mol. The van der Waals surface area contributed by atoms with E-state index in [0.29, 0.717) is 28.6 Å². The van der Waals surface area contributed by atoms with Crippen molar-refractivity contribution in [1.29, 1.82) is 0 Å². The first-order valence-corrected chi connectivity index (χ1v) is 9.44. The quantitative estimate of drug-likeness (QED) is 0.388. The maximum absolute atomic E-state index is 12.3. The minimum atomic E-state index is -0.503. The molecule has 0 bridgehead atoms. The van der Waals surface area contributed by atoms with E-state index in [2.05, 4.69) is 10.1 Å². The minimum absolute atomic E-state index is 0.218. The normalized spacial score (nSPS) is 10.2. The molecule has 27 heavy (non-hydrogen) atoms. The van der Waals surface area contributed by atoms with Crippen LogP contribution in [0.2, 0.25) is 5.02 Å². The van der Waals surface area contributed by atoms with Gasteiger partial charge in [0.05, 0.1) is 14.2 Å². The Hall–Kier alpha value is -2.38. The molecule has 2 aromatic carbocycles. The van der Waals surface area contributed by atoms with Crippen LogP contribution < -0.4 is 14.8 Å². The Labute approximate surface area is 167 Å². The molecule has 0 aliphatic carbocycles. The summed E-state index contributed by atoms with van der Waals surface area (Å²) in [6.07, 6.45) is 0. The predicted molar refractivity (Wildman–Crippen MR) is 105 cm³/mol. The van der Waals surface area contributed by atoms with Crippen LogP contribution in [0.1, 0.15) is 10.4 Å². The number of esters is 1. The standard InChI is InChI=1S/C19H20ClNO5S/c1-24-17-11-13(3-8-16(17)26-12-18(22)25-2)19(23)21-9-10-27-15-6-4-14(20)5-7-15/h3-8,11H,9-10,12H2,1-2H3,(H,21,23). The molecule has 0 spiro atoms. The van der Waals surface area contributed by atoms with Crippen molar-refractivity contribution in [2.45, 2.75) is 4.90 Å². The van der Waals surface area contributed by atoms with Crippen LogP contribution in [0.15, 0.2) is 47.4 Å². The highest BCUT2D eigenvalue weighted by molar-refractivity contribution is 7.99. The molecule has 0 aliphatic rings. The SMILES string of the molecule is COC(=O)COc1ccc(C(=O)NCCSc2ccc(Cl)cc2)cc1OC. The molecule has 144 valence electrons. The number of amides is 1. The minimum Gasteiger partial charge on any atom is -0.493 e. The largest absolute Gasteiger partial charge is 0.493 e. The van der Waals surface area contributed by atoms with Gasteiger partial charge in [0.2, 0.25) is 0 Å². The second-order valence-electron chi connectivity index (χ2n) is 5.29. The molecule has 2 rings (SSSR count). The number of benzene rings is 2. The molecule has 1 amide bonds. The predicted octanol–water partition coefficient (Wildman–Crippen LogP) is 3.42. The van der Waals surface area contributed by atoms with Crippen molar-refractivity contribution in [3.05, 3.63) is 53.1 Å². The summed E-state index contributed by atoms with van der Waals surface area (Å²) in [5.74, 6) is 0.728. The third kappa shape index (κ3) is 6.69. The topological polar surface area (TPSA) is 73.9 Å². The molecule has 0 saturated carbocycles. The number of ether oxygens (including phenoxy) is 3. The summed E-state index contributed by atoms with van der Waals surface area (Å²) in [6.45, 7) is 0.273. The molecule has 0 fully saturated rings. The molecule has 6 nitrogen and oxygen atoms in total. The second-order valence-corrected chi connectivity index (χ2v) is 6.89. The van der Waals surface area contributed by atoms with Crippen LogP contribution in [0.3, 0.4) is 0 Å². The summed E-state index contributed by atoms with van der Waals surface area (Å²) >= 11 is 7.48. The number of rotatable bonds is 9. The number of halogens is 1. The van der Waals surface area contributed by atoms with Gasteiger partial charge in [0.25, 0.3) is 5.91 Å². The number of thioether (sulfide) groups is 1. The summed E-state index contributed by atoms with van der Waals surface area (Å²) < 4.78 is 15.1. The van der Waals surface area contributed by atoms with Gasteiger partial charge >= 0.3 is 5.97 Å². The maximum atomic E-state index is 12.3. The zero-order valence-corrected chi connectivity index (χ0v) is 16.6. The Bertz CT molecular complexity index is 782. The summed E-state index contributed by atoms with van der Waals surface area (Å²) in [6, 6.07) is 12.3. The van der Waals surface area contributed by atoms with Gasteiger partial charge in [-0.25, -0.2) is 4.79 Å². The Morgan fingerprint density at radius 2 is 1.81 bits per heavy atom. The molecule has 8 heteroatoms. The van der Waals surface area contributed by atoms with Gasteiger partial charge in [0.15, 0.2) is 18.1 Å². The van der Waals surface area contributed by atoms with E-state index in [0.717, 1.165) is 10.6 Å². The van der Waals surface area contributed by atoms with E-state index < -0.39 is 5.97 Å². The molecular formula is C19H20ClNO5S. The molecule has 0 aromatic heterocycles. The van der Waals surface area contributed by atoms with E-state index in [-0.39, 0.29) is 12.5 Å². The number of carbonyl (C=O) groups is 2. The molecule has 0 saturated heterocycles. The van der Waals surface area contributed by atoms with Gasteiger partial charge in [-0.1, -0.05) is 11.6 Å². The highest BCUT2D eigenvalue weighted by atomic mass is 35.5. The van der Waals surface area contributed by atoms with Crippen molar-refractivity contribution in [3.63, 3.8) is 0 Å². The van der Waals surface area contributed by atoms with Crippen molar-refractivity contribution in [2.24, 2.45) is 0 Å². The van der Waals surface area contributed by atoms with Crippen molar-refractivity contribution < 1.29 is 23.8 Å². The van der Waals surface area contributed by atoms with Crippen LogP contribution in [0.25, 0.3) is 0 Å². The first kappa shape index (κ1) is 20.9. The van der Waals surface area contributed by atoms with Gasteiger partial charge in [0, 0.05) is 27.8 Å². The fourth-order valence-corrected chi connectivity index (χ4v) is 2.98. The highest BCUT2D eigenvalue weighted by Crippen LogP contribution is 2.28. The van der Waals surface area contributed by atoms with Gasteiger partial charge < -0.3 is 19.5 Å². The average molecular weight is 410 g/mol. The van der Waals surface area contributed by atoms with Crippen LogP contribution in [0.4, 0.5) is 0 Å². The van der Waals surface area contributed by atoms with E-state index in [4.69, 9.17) is 21.1 Å². The molecule has 1 N–H and O–H groups in total. The molecule has 0 radical (unpaired) electrons. The number of hydrogen-bond donors (Lipinski definition) is 1. The van der Waals surface area contributed by atoms with Crippen molar-refractivity contribution in [1.82, 2.24) is 5.32 Å². The van der Waals surface area contributed by atoms with E-state index in [9.17, 15) is 9.59 Å². The van der Waals surface area contributed by atoms with E-state index >= 15 is 0 Å². The molecule has 0 aliphatic heterocycles. The smallest absolute Gasteiger partial charge is 0.343 e. The van der Waals surface area contributed by atoms with Gasteiger partial charge in [-0.3, -0.25) is 4.79 Å². The first-order chi connectivity index (χ1) is 13.0. The first-order valence-electron chi connectivity index (χ1n) is 8.07. The summed E-state index contributed by atoms with van der Waals surface area (Å²) in [7, 11) is 2.74. The molecule has 0 atom stereocenters. The van der Waals surface area contributed by atoms with Gasteiger partial charge in [-0.2, -0.15) is 0 Å². The zero-order chi connectivity index (χ0) is 19.6. The zero-order valence-electron chi connectivity index (χ0n) is 15.0. The van der Waals surface area contributed by atoms with Crippen molar-refractivity contribution in [2.75, 3.05) is 33.1 Å². The fraction of sp³-hybridized carbons (Fsp3) is 0.263. The van der Waals surface area contributed by atoms with E-state index in [1.54, 1.807) is 30.0 Å². The third-order valence-corrected chi connectivity index (χ3v) is 4.73. The monoisotopic (exact) mass is 409 g/mol. The number of carbonyl (C=O) groups excluding carboxylic acids is 2. The number of hydrogen-bond acceptors (Lipinski definition) is 6. The van der Waals surface area contributed by atoms with Crippen LogP contribution in [-0.2, 0) is 9.53 Å². The Balaban J connectivity index is 1.86. The van der Waals surface area contributed by atoms with Crippen molar-refractivity contribution in [3.8, 4) is 11.5 Å². The van der Waals surface area contributed by atoms with E-state index in [1.807, 2.05) is 24.3 Å². The Morgan fingerprint density at radius 3 is 2.48 bits per heavy atom. The summed E-state index contributed by atoms with van der Waals surface area (Å²) in [4.78, 5) is 24.5. The van der Waals surface area contributed by atoms with Gasteiger partial charge in [-0.15, -0.1) is 11.8 Å². The van der Waals surface area contributed by atoms with Crippen LogP contribution in [0, 0.1) is 0 Å². The van der Waals surface area contributed by atoms with Gasteiger partial charge in [0.1, 0.15) is 0 Å². The summed E-state index contributed by atoms with van der Waals surface area (Å²) in [5, 5.41) is 3.55. The van der Waals surface area contributed by atoms with Crippen LogP contribution in [-0.4, -0.2) is 45.0 Å². The molecule has 0 heterocycles. The number of nitrogens with one attached hydrogen (secondary N) is 1. The Morgan fingerprint density at radius 1 is 1.07 bits per heavy atom. The average Bonchev–Trinajstić information content (AvgIpc) is 2.70. The van der Waals surface area contributed by atoms with E-state index in [1.165, 1.54) is 14.2 Å². The lowest BCUT2D eigenvalue weighted by molar-refractivity contribution is -0.142. The lowest BCUT2D eigenvalue weighted by Crippen LogP contribution is -2.25.